The number of thioether (sulfide) groups is 1. The van der Waals surface area contributed by atoms with Crippen molar-refractivity contribution < 1.29 is 4.79 Å². The van der Waals surface area contributed by atoms with E-state index in [-0.39, 0.29) is 5.91 Å². The van der Waals surface area contributed by atoms with Gasteiger partial charge in [-0.2, -0.15) is 5.10 Å². The highest BCUT2D eigenvalue weighted by atomic mass is 35.5. The highest BCUT2D eigenvalue weighted by Crippen LogP contribution is 2.24. The van der Waals surface area contributed by atoms with Crippen LogP contribution in [-0.4, -0.2) is 21.9 Å². The summed E-state index contributed by atoms with van der Waals surface area (Å²) in [7, 11) is 0. The summed E-state index contributed by atoms with van der Waals surface area (Å²) in [5.74, 6) is -0.241. The molecule has 0 unspecified atom stereocenters. The Morgan fingerprint density at radius 3 is 2.79 bits per heavy atom. The van der Waals surface area contributed by atoms with Crippen LogP contribution in [0.5, 0.6) is 0 Å². The van der Waals surface area contributed by atoms with Crippen LogP contribution in [0.1, 0.15) is 15.9 Å². The third-order valence-electron chi connectivity index (χ3n) is 3.50. The largest absolute Gasteiger partial charge is 0.319 e. The Labute approximate surface area is 149 Å². The molecule has 3 rings (SSSR count). The lowest BCUT2D eigenvalue weighted by Gasteiger charge is -2.06. The van der Waals surface area contributed by atoms with Gasteiger partial charge in [0.15, 0.2) is 0 Å². The lowest BCUT2D eigenvalue weighted by Crippen LogP contribution is -2.12. The molecule has 3 aromatic rings. The molecule has 0 aliphatic heterocycles. The molecule has 0 radical (unpaired) electrons. The molecule has 1 aromatic heterocycles. The number of hydrogen-bond acceptors (Lipinski definition) is 3. The number of amides is 1. The lowest BCUT2D eigenvalue weighted by molar-refractivity contribution is 0.102. The van der Waals surface area contributed by atoms with Crippen LogP contribution < -0.4 is 5.32 Å². The number of benzene rings is 2. The van der Waals surface area contributed by atoms with Gasteiger partial charge in [-0.1, -0.05) is 41.9 Å². The first kappa shape index (κ1) is 16.6. The highest BCUT2D eigenvalue weighted by molar-refractivity contribution is 7.98. The first-order valence-corrected chi connectivity index (χ1v) is 8.97. The summed E-state index contributed by atoms with van der Waals surface area (Å²) >= 11 is 7.70. The number of hydrogen-bond donors (Lipinski definition) is 1. The zero-order valence-corrected chi connectivity index (χ0v) is 14.6. The fourth-order valence-electron chi connectivity index (χ4n) is 2.29. The topological polar surface area (TPSA) is 46.9 Å². The summed E-state index contributed by atoms with van der Waals surface area (Å²) < 4.78 is 1.78. The van der Waals surface area contributed by atoms with E-state index in [1.54, 1.807) is 41.0 Å². The Kier molecular flexibility index (Phi) is 5.23. The molecule has 0 saturated heterocycles. The molecular formula is C18H16ClN3OS. The molecule has 1 heterocycles. The van der Waals surface area contributed by atoms with E-state index in [1.807, 2.05) is 42.7 Å². The van der Waals surface area contributed by atoms with Crippen LogP contribution >= 0.6 is 23.4 Å². The van der Waals surface area contributed by atoms with Gasteiger partial charge in [0.2, 0.25) is 0 Å². The van der Waals surface area contributed by atoms with Gasteiger partial charge in [-0.05, 0) is 30.0 Å². The maximum atomic E-state index is 12.4. The van der Waals surface area contributed by atoms with Crippen molar-refractivity contribution in [1.29, 1.82) is 0 Å². The molecule has 0 bridgehead atoms. The summed E-state index contributed by atoms with van der Waals surface area (Å²) in [4.78, 5) is 13.4. The van der Waals surface area contributed by atoms with Gasteiger partial charge in [-0.25, -0.2) is 0 Å². The molecule has 122 valence electrons. The molecule has 0 spiro atoms. The third-order valence-corrected chi connectivity index (χ3v) is 4.55. The molecule has 4 nitrogen and oxygen atoms in total. The number of anilines is 1. The fraction of sp³-hybridized carbons (Fsp3) is 0.111. The average molecular weight is 358 g/mol. The molecule has 0 aliphatic carbocycles. The number of nitrogens with one attached hydrogen (secondary N) is 1. The summed E-state index contributed by atoms with van der Waals surface area (Å²) in [5.41, 5.74) is 2.25. The quantitative estimate of drug-likeness (QED) is 0.681. The van der Waals surface area contributed by atoms with Crippen molar-refractivity contribution in [2.24, 2.45) is 0 Å². The minimum Gasteiger partial charge on any atom is -0.319 e. The van der Waals surface area contributed by atoms with E-state index in [1.165, 1.54) is 0 Å². The number of aromatic nitrogens is 2. The first-order valence-electron chi connectivity index (χ1n) is 7.37. The van der Waals surface area contributed by atoms with E-state index in [0.717, 1.165) is 10.5 Å². The van der Waals surface area contributed by atoms with Crippen molar-refractivity contribution in [2.75, 3.05) is 11.6 Å². The Bertz CT molecular complexity index is 848. The van der Waals surface area contributed by atoms with Crippen LogP contribution in [0.15, 0.2) is 65.8 Å². The second-order valence-electron chi connectivity index (χ2n) is 5.21. The van der Waals surface area contributed by atoms with Crippen molar-refractivity contribution in [1.82, 2.24) is 9.78 Å². The molecule has 0 aliphatic rings. The average Bonchev–Trinajstić information content (AvgIpc) is 3.03. The van der Waals surface area contributed by atoms with Gasteiger partial charge in [-0.15, -0.1) is 11.8 Å². The predicted molar refractivity (Wildman–Crippen MR) is 99.0 cm³/mol. The zero-order valence-electron chi connectivity index (χ0n) is 13.1. The highest BCUT2D eigenvalue weighted by Gasteiger charge is 2.12. The number of carbonyl (C=O) groups excluding carboxylic acids is 1. The lowest BCUT2D eigenvalue weighted by atomic mass is 10.2. The number of halogens is 1. The molecular weight excluding hydrogens is 342 g/mol. The zero-order chi connectivity index (χ0) is 16.9. The van der Waals surface area contributed by atoms with Crippen LogP contribution in [0.25, 0.3) is 0 Å². The Morgan fingerprint density at radius 2 is 2.04 bits per heavy atom. The minimum absolute atomic E-state index is 0.241. The van der Waals surface area contributed by atoms with Gasteiger partial charge in [0, 0.05) is 11.1 Å². The molecule has 1 amide bonds. The normalized spacial score (nSPS) is 10.6. The van der Waals surface area contributed by atoms with E-state index in [4.69, 9.17) is 11.6 Å². The minimum atomic E-state index is -0.241. The van der Waals surface area contributed by atoms with Crippen LogP contribution in [0.4, 0.5) is 5.69 Å². The summed E-state index contributed by atoms with van der Waals surface area (Å²) in [6, 6.07) is 15.4. The summed E-state index contributed by atoms with van der Waals surface area (Å²) in [5, 5.41) is 7.55. The first-order chi connectivity index (χ1) is 11.7. The maximum absolute atomic E-state index is 12.4. The molecule has 1 N–H and O–H groups in total. The molecule has 0 fully saturated rings. The van der Waals surface area contributed by atoms with E-state index in [9.17, 15) is 4.79 Å². The van der Waals surface area contributed by atoms with Crippen LogP contribution in [0.3, 0.4) is 0 Å². The SMILES string of the molecule is CSc1ccc(Cl)c(C(=O)Nc2cnn(Cc3ccccc3)c2)c1. The van der Waals surface area contributed by atoms with Crippen LogP contribution in [-0.2, 0) is 6.54 Å². The number of carbonyl (C=O) groups is 1. The Balaban J connectivity index is 1.71. The van der Waals surface area contributed by atoms with Crippen molar-refractivity contribution >= 4 is 35.0 Å². The van der Waals surface area contributed by atoms with Crippen molar-refractivity contribution in [3.8, 4) is 0 Å². The van der Waals surface area contributed by atoms with E-state index in [2.05, 4.69) is 10.4 Å². The summed E-state index contributed by atoms with van der Waals surface area (Å²) in [6.45, 7) is 0.652. The van der Waals surface area contributed by atoms with Crippen LogP contribution in [0.2, 0.25) is 5.02 Å². The van der Waals surface area contributed by atoms with Gasteiger partial charge in [0.1, 0.15) is 0 Å². The third kappa shape index (κ3) is 3.99. The van der Waals surface area contributed by atoms with E-state index >= 15 is 0 Å². The Hall–Kier alpha value is -2.24. The molecule has 2 aromatic carbocycles. The van der Waals surface area contributed by atoms with Crippen molar-refractivity contribution in [3.63, 3.8) is 0 Å². The van der Waals surface area contributed by atoms with Crippen molar-refractivity contribution in [3.05, 3.63) is 77.1 Å². The van der Waals surface area contributed by atoms with Crippen LogP contribution in [0, 0.1) is 0 Å². The van der Waals surface area contributed by atoms with E-state index < -0.39 is 0 Å². The van der Waals surface area contributed by atoms with Gasteiger partial charge < -0.3 is 5.32 Å². The van der Waals surface area contributed by atoms with E-state index in [0.29, 0.717) is 22.8 Å². The standard InChI is InChI=1S/C18H16ClN3OS/c1-24-15-7-8-17(19)16(9-15)18(23)21-14-10-20-22(12-14)11-13-5-3-2-4-6-13/h2-10,12H,11H2,1H3,(H,21,23). The Morgan fingerprint density at radius 1 is 1.25 bits per heavy atom. The van der Waals surface area contributed by atoms with Gasteiger partial charge >= 0.3 is 0 Å². The van der Waals surface area contributed by atoms with Crippen molar-refractivity contribution in [2.45, 2.75) is 11.4 Å². The number of nitrogens with zero attached hydrogens (tertiary/aromatic N) is 2. The monoisotopic (exact) mass is 357 g/mol. The van der Waals surface area contributed by atoms with Gasteiger partial charge in [-0.3, -0.25) is 9.48 Å². The second kappa shape index (κ2) is 7.55. The fourth-order valence-corrected chi connectivity index (χ4v) is 2.93. The molecule has 6 heteroatoms. The molecule has 24 heavy (non-hydrogen) atoms. The second-order valence-corrected chi connectivity index (χ2v) is 6.50. The maximum Gasteiger partial charge on any atom is 0.257 e. The van der Waals surface area contributed by atoms with Gasteiger partial charge in [0.05, 0.1) is 29.0 Å². The molecule has 0 saturated carbocycles. The predicted octanol–water partition coefficient (Wildman–Crippen LogP) is 4.56. The number of rotatable bonds is 5. The molecule has 0 atom stereocenters. The van der Waals surface area contributed by atoms with Gasteiger partial charge in [0.25, 0.3) is 5.91 Å². The smallest absolute Gasteiger partial charge is 0.257 e. The summed E-state index contributed by atoms with van der Waals surface area (Å²) in [6.07, 6.45) is 5.39.